The monoisotopic (exact) mass is 364 g/mol. The Balaban J connectivity index is 2.17. The SMILES string of the molecule is O=C(Cn1cc(Cl)cc(Cl)c1=O)Nc1ccc(Cl)cc1Cl. The number of halogens is 4. The molecule has 0 aliphatic heterocycles. The van der Waals surface area contributed by atoms with Crippen molar-refractivity contribution >= 4 is 58.0 Å². The molecule has 0 aliphatic rings. The Kier molecular flexibility index (Phi) is 5.17. The van der Waals surface area contributed by atoms with E-state index >= 15 is 0 Å². The molecule has 1 aromatic carbocycles. The lowest BCUT2D eigenvalue weighted by atomic mass is 10.3. The van der Waals surface area contributed by atoms with Gasteiger partial charge >= 0.3 is 0 Å². The highest BCUT2D eigenvalue weighted by Gasteiger charge is 2.10. The van der Waals surface area contributed by atoms with Gasteiger partial charge in [0.05, 0.1) is 15.7 Å². The van der Waals surface area contributed by atoms with Crippen molar-refractivity contribution in [3.63, 3.8) is 0 Å². The number of rotatable bonds is 3. The van der Waals surface area contributed by atoms with Crippen molar-refractivity contribution in [1.82, 2.24) is 4.57 Å². The third-order valence-electron chi connectivity index (χ3n) is 2.53. The molecule has 1 amide bonds. The number of anilines is 1. The summed E-state index contributed by atoms with van der Waals surface area (Å²) < 4.78 is 1.11. The van der Waals surface area contributed by atoms with Crippen LogP contribution < -0.4 is 10.9 Å². The third-order valence-corrected chi connectivity index (χ3v) is 3.55. The van der Waals surface area contributed by atoms with E-state index < -0.39 is 11.5 Å². The number of nitrogens with one attached hydrogen (secondary N) is 1. The van der Waals surface area contributed by atoms with Gasteiger partial charge in [0, 0.05) is 11.2 Å². The zero-order valence-corrected chi connectivity index (χ0v) is 13.4. The standard InChI is InChI=1S/C13H8Cl4N2O2/c14-7-1-2-11(9(16)3-7)18-12(20)6-19-5-8(15)4-10(17)13(19)21/h1-5H,6H2,(H,18,20). The molecule has 2 aromatic rings. The van der Waals surface area contributed by atoms with Crippen LogP contribution in [0.3, 0.4) is 0 Å². The Labute approximate surface area is 140 Å². The molecule has 0 saturated carbocycles. The molecule has 21 heavy (non-hydrogen) atoms. The Morgan fingerprint density at radius 2 is 1.71 bits per heavy atom. The Bertz CT molecular complexity index is 758. The van der Waals surface area contributed by atoms with E-state index in [9.17, 15) is 9.59 Å². The van der Waals surface area contributed by atoms with Gasteiger partial charge in [0.25, 0.3) is 5.56 Å². The number of carbonyl (C=O) groups excluding carboxylic acids is 1. The predicted octanol–water partition coefficient (Wildman–Crippen LogP) is 4.10. The van der Waals surface area contributed by atoms with Crippen molar-refractivity contribution in [1.29, 1.82) is 0 Å². The fourth-order valence-electron chi connectivity index (χ4n) is 1.62. The lowest BCUT2D eigenvalue weighted by Crippen LogP contribution is -2.27. The average Bonchev–Trinajstić information content (AvgIpc) is 2.38. The number of hydrogen-bond donors (Lipinski definition) is 1. The molecule has 0 fully saturated rings. The molecule has 0 spiro atoms. The van der Waals surface area contributed by atoms with Crippen LogP contribution in [0.2, 0.25) is 20.1 Å². The summed E-state index contributed by atoms with van der Waals surface area (Å²) in [5.41, 5.74) is -0.106. The summed E-state index contributed by atoms with van der Waals surface area (Å²) in [4.78, 5) is 23.7. The summed E-state index contributed by atoms with van der Waals surface area (Å²) in [6, 6.07) is 5.97. The third kappa shape index (κ3) is 4.14. The van der Waals surface area contributed by atoms with Crippen LogP contribution in [-0.4, -0.2) is 10.5 Å². The normalized spacial score (nSPS) is 10.5. The molecule has 1 aromatic heterocycles. The fraction of sp³-hybridized carbons (Fsp3) is 0.0769. The van der Waals surface area contributed by atoms with Crippen LogP contribution in [0.25, 0.3) is 0 Å². The van der Waals surface area contributed by atoms with Crippen LogP contribution in [0, 0.1) is 0 Å². The zero-order chi connectivity index (χ0) is 15.6. The second-order valence-electron chi connectivity index (χ2n) is 4.11. The first-order valence-electron chi connectivity index (χ1n) is 5.67. The number of aromatic nitrogens is 1. The number of benzene rings is 1. The van der Waals surface area contributed by atoms with Crippen molar-refractivity contribution in [2.75, 3.05) is 5.32 Å². The van der Waals surface area contributed by atoms with Gasteiger partial charge in [-0.15, -0.1) is 0 Å². The van der Waals surface area contributed by atoms with Crippen LogP contribution in [0.5, 0.6) is 0 Å². The van der Waals surface area contributed by atoms with Crippen molar-refractivity contribution in [3.05, 3.63) is 60.9 Å². The van der Waals surface area contributed by atoms with Gasteiger partial charge in [-0.25, -0.2) is 0 Å². The summed E-state index contributed by atoms with van der Waals surface area (Å²) in [5, 5.41) is 3.53. The van der Waals surface area contributed by atoms with Crippen molar-refractivity contribution in [3.8, 4) is 0 Å². The molecule has 0 unspecified atom stereocenters. The van der Waals surface area contributed by atoms with Gasteiger partial charge in [-0.3, -0.25) is 9.59 Å². The summed E-state index contributed by atoms with van der Waals surface area (Å²) in [6.07, 6.45) is 1.33. The topological polar surface area (TPSA) is 51.1 Å². The van der Waals surface area contributed by atoms with Crippen LogP contribution in [0.1, 0.15) is 0 Å². The largest absolute Gasteiger partial charge is 0.323 e. The van der Waals surface area contributed by atoms with E-state index in [4.69, 9.17) is 46.4 Å². The zero-order valence-electron chi connectivity index (χ0n) is 10.4. The van der Waals surface area contributed by atoms with E-state index in [1.807, 2.05) is 0 Å². The van der Waals surface area contributed by atoms with Gasteiger partial charge in [-0.05, 0) is 24.3 Å². The molecular weight excluding hydrogens is 358 g/mol. The van der Waals surface area contributed by atoms with E-state index in [1.54, 1.807) is 12.1 Å². The molecule has 0 radical (unpaired) electrons. The highest BCUT2D eigenvalue weighted by Crippen LogP contribution is 2.25. The predicted molar refractivity (Wildman–Crippen MR) is 85.8 cm³/mol. The minimum Gasteiger partial charge on any atom is -0.323 e. The summed E-state index contributed by atoms with van der Waals surface area (Å²) >= 11 is 23.2. The molecule has 0 aliphatic carbocycles. The van der Waals surface area contributed by atoms with E-state index in [0.29, 0.717) is 15.7 Å². The van der Waals surface area contributed by atoms with Gasteiger partial charge in [0.2, 0.25) is 5.91 Å². The quantitative estimate of drug-likeness (QED) is 0.890. The minimum atomic E-state index is -0.501. The maximum absolute atomic E-state index is 11.9. The van der Waals surface area contributed by atoms with E-state index in [1.165, 1.54) is 18.3 Å². The molecule has 1 heterocycles. The number of nitrogens with zero attached hydrogens (tertiary/aromatic N) is 1. The van der Waals surface area contributed by atoms with Gasteiger partial charge < -0.3 is 9.88 Å². The molecule has 4 nitrogen and oxygen atoms in total. The Morgan fingerprint density at radius 3 is 2.38 bits per heavy atom. The highest BCUT2D eigenvalue weighted by molar-refractivity contribution is 6.36. The molecule has 2 rings (SSSR count). The molecule has 1 N–H and O–H groups in total. The molecule has 110 valence electrons. The summed E-state index contributed by atoms with van der Waals surface area (Å²) in [5.74, 6) is -0.445. The number of pyridine rings is 1. The second-order valence-corrected chi connectivity index (χ2v) is 5.80. The maximum atomic E-state index is 11.9. The summed E-state index contributed by atoms with van der Waals surface area (Å²) in [7, 11) is 0. The summed E-state index contributed by atoms with van der Waals surface area (Å²) in [6.45, 7) is -0.238. The molecule has 0 bridgehead atoms. The second kappa shape index (κ2) is 6.71. The first-order chi connectivity index (χ1) is 9.86. The maximum Gasteiger partial charge on any atom is 0.269 e. The fourth-order valence-corrected chi connectivity index (χ4v) is 2.58. The van der Waals surface area contributed by atoms with Gasteiger partial charge in [0.1, 0.15) is 11.6 Å². The minimum absolute atomic E-state index is 0.0557. The molecule has 8 heteroatoms. The van der Waals surface area contributed by atoms with Gasteiger partial charge in [-0.1, -0.05) is 46.4 Å². The van der Waals surface area contributed by atoms with Gasteiger partial charge in [-0.2, -0.15) is 0 Å². The molecular formula is C13H8Cl4N2O2. The van der Waals surface area contributed by atoms with Crippen molar-refractivity contribution in [2.45, 2.75) is 6.54 Å². The van der Waals surface area contributed by atoms with E-state index in [-0.39, 0.29) is 16.6 Å². The first-order valence-corrected chi connectivity index (χ1v) is 7.18. The smallest absolute Gasteiger partial charge is 0.269 e. The van der Waals surface area contributed by atoms with E-state index in [0.717, 1.165) is 4.57 Å². The van der Waals surface area contributed by atoms with E-state index in [2.05, 4.69) is 5.32 Å². The Hall–Kier alpha value is -1.20. The molecule has 0 saturated heterocycles. The number of hydrogen-bond acceptors (Lipinski definition) is 2. The number of amides is 1. The van der Waals surface area contributed by atoms with Gasteiger partial charge in [0.15, 0.2) is 0 Å². The van der Waals surface area contributed by atoms with Crippen LogP contribution >= 0.6 is 46.4 Å². The van der Waals surface area contributed by atoms with Crippen LogP contribution in [-0.2, 0) is 11.3 Å². The van der Waals surface area contributed by atoms with Crippen molar-refractivity contribution < 1.29 is 4.79 Å². The first kappa shape index (κ1) is 16.2. The highest BCUT2D eigenvalue weighted by atomic mass is 35.5. The number of carbonyl (C=O) groups is 1. The lowest BCUT2D eigenvalue weighted by Gasteiger charge is -2.09. The van der Waals surface area contributed by atoms with Crippen LogP contribution in [0.4, 0.5) is 5.69 Å². The molecule has 0 atom stereocenters. The van der Waals surface area contributed by atoms with Crippen LogP contribution in [0.15, 0.2) is 35.3 Å². The van der Waals surface area contributed by atoms with Crippen molar-refractivity contribution in [2.24, 2.45) is 0 Å². The lowest BCUT2D eigenvalue weighted by molar-refractivity contribution is -0.116. The average molecular weight is 366 g/mol. The Morgan fingerprint density at radius 1 is 1.05 bits per heavy atom.